The van der Waals surface area contributed by atoms with Crippen LogP contribution in [0.15, 0.2) is 0 Å². The minimum Gasteiger partial charge on any atom is -0.525 e. The molecule has 0 bridgehead atoms. The molecule has 0 N–H and O–H groups in total. The maximum atomic E-state index is 12.2. The quantitative estimate of drug-likeness (QED) is 0.380. The van der Waals surface area contributed by atoms with Gasteiger partial charge in [-0.1, -0.05) is 61.8 Å². The largest absolute Gasteiger partial charge is 0.525 e. The van der Waals surface area contributed by atoms with Crippen LogP contribution >= 0.6 is 0 Å². The summed E-state index contributed by atoms with van der Waals surface area (Å²) in [6.45, 7) is 16.6. The Hall–Kier alpha value is -0.626. The molecule has 0 amide bonds. The molecule has 6 heteroatoms. The summed E-state index contributed by atoms with van der Waals surface area (Å²) in [6.07, 6.45) is 1.01. The average molecular weight is 389 g/mol. The molecule has 0 saturated heterocycles. The van der Waals surface area contributed by atoms with Gasteiger partial charge >= 0.3 is 0 Å². The summed E-state index contributed by atoms with van der Waals surface area (Å²) >= 11 is 0. The van der Waals surface area contributed by atoms with Crippen LogP contribution in [0.5, 0.6) is 0 Å². The van der Waals surface area contributed by atoms with E-state index in [9.17, 15) is 9.59 Å². The highest BCUT2D eigenvalue weighted by Crippen LogP contribution is 2.23. The lowest BCUT2D eigenvalue weighted by atomic mass is 9.86. The zero-order valence-electron chi connectivity index (χ0n) is 17.6. The average Bonchev–Trinajstić information content (AvgIpc) is 2.44. The normalized spacial score (nSPS) is 13.0. The van der Waals surface area contributed by atoms with Crippen LogP contribution in [0.1, 0.15) is 61.8 Å². The fraction of sp³-hybridized carbons (Fsp3) is 0.895. The Bertz CT molecular complexity index is 343. The van der Waals surface area contributed by atoms with Crippen molar-refractivity contribution in [3.8, 4) is 0 Å². The Morgan fingerprint density at radius 1 is 0.640 bits per heavy atom. The van der Waals surface area contributed by atoms with Gasteiger partial charge < -0.3 is 8.85 Å². The summed E-state index contributed by atoms with van der Waals surface area (Å²) < 4.78 is 11.1. The van der Waals surface area contributed by atoms with Gasteiger partial charge in [0.15, 0.2) is 0 Å². The van der Waals surface area contributed by atoms with Gasteiger partial charge in [0.25, 0.3) is 11.9 Å². The molecule has 0 atom stereocenters. The number of carbonyl (C=O) groups is 2. The third kappa shape index (κ3) is 9.59. The second-order valence-corrected chi connectivity index (χ2v) is 11.2. The van der Waals surface area contributed by atoms with Gasteiger partial charge in [-0.15, -0.1) is 0 Å². The van der Waals surface area contributed by atoms with Crippen LogP contribution in [0, 0.1) is 35.5 Å². The van der Waals surface area contributed by atoms with Crippen LogP contribution in [-0.2, 0) is 18.4 Å². The molecular weight excluding hydrogens is 348 g/mol. The van der Waals surface area contributed by atoms with Crippen molar-refractivity contribution in [1.82, 2.24) is 0 Å². The molecule has 0 fully saturated rings. The van der Waals surface area contributed by atoms with E-state index in [0.717, 1.165) is 18.5 Å². The van der Waals surface area contributed by atoms with Gasteiger partial charge in [0.2, 0.25) is 19.5 Å². The number of rotatable bonds is 12. The molecule has 4 nitrogen and oxygen atoms in total. The van der Waals surface area contributed by atoms with Crippen LogP contribution in [0.2, 0.25) is 12.1 Å². The molecule has 25 heavy (non-hydrogen) atoms. The van der Waals surface area contributed by atoms with E-state index in [0.29, 0.717) is 23.7 Å². The smallest absolute Gasteiger partial charge is 0.295 e. The van der Waals surface area contributed by atoms with Crippen molar-refractivity contribution >= 4 is 31.5 Å². The van der Waals surface area contributed by atoms with Crippen molar-refractivity contribution in [2.75, 3.05) is 0 Å². The fourth-order valence-corrected chi connectivity index (χ4v) is 6.45. The zero-order chi connectivity index (χ0) is 19.6. The summed E-state index contributed by atoms with van der Waals surface area (Å²) in [7, 11) is -1.60. The first-order chi connectivity index (χ1) is 11.6. The van der Waals surface area contributed by atoms with E-state index >= 15 is 0 Å². The van der Waals surface area contributed by atoms with E-state index in [1.807, 2.05) is 0 Å². The van der Waals surface area contributed by atoms with Gasteiger partial charge in [-0.2, -0.15) is 0 Å². The monoisotopic (exact) mass is 388 g/mol. The van der Waals surface area contributed by atoms with Crippen molar-refractivity contribution in [2.24, 2.45) is 35.5 Å². The summed E-state index contributed by atoms with van der Waals surface area (Å²) in [5.41, 5.74) is 0. The summed E-state index contributed by atoms with van der Waals surface area (Å²) in [5, 5.41) is 0. The highest BCUT2D eigenvalue weighted by Gasteiger charge is 2.27. The van der Waals surface area contributed by atoms with Crippen LogP contribution < -0.4 is 0 Å². The first-order valence-corrected chi connectivity index (χ1v) is 13.1. The second-order valence-electron chi connectivity index (χ2n) is 8.42. The van der Waals surface area contributed by atoms with Crippen LogP contribution in [0.3, 0.4) is 0 Å². The maximum absolute atomic E-state index is 12.2. The van der Waals surface area contributed by atoms with Crippen LogP contribution in [0.4, 0.5) is 0 Å². The Morgan fingerprint density at radius 2 is 0.920 bits per heavy atom. The topological polar surface area (TPSA) is 52.6 Å². The Morgan fingerprint density at radius 3 is 1.16 bits per heavy atom. The Labute approximate surface area is 159 Å². The second kappa shape index (κ2) is 12.7. The Kier molecular flexibility index (Phi) is 12.4. The van der Waals surface area contributed by atoms with E-state index in [1.165, 1.54) is 0 Å². The van der Waals surface area contributed by atoms with Crippen molar-refractivity contribution in [2.45, 2.75) is 73.9 Å². The minimum atomic E-state index is -0.799. The predicted molar refractivity (Wildman–Crippen MR) is 110 cm³/mol. The lowest BCUT2D eigenvalue weighted by Crippen LogP contribution is -2.29. The van der Waals surface area contributed by atoms with Gasteiger partial charge in [0, 0.05) is 0 Å². The summed E-state index contributed by atoms with van der Waals surface area (Å²) in [5.74, 6) is 1.27. The van der Waals surface area contributed by atoms with Gasteiger partial charge in [-0.3, -0.25) is 9.59 Å². The maximum Gasteiger partial charge on any atom is 0.295 e. The molecule has 0 aromatic carbocycles. The molecule has 0 saturated carbocycles. The highest BCUT2D eigenvalue weighted by atomic mass is 28.2. The van der Waals surface area contributed by atoms with E-state index in [-0.39, 0.29) is 23.8 Å². The first kappa shape index (κ1) is 24.4. The van der Waals surface area contributed by atoms with Gasteiger partial charge in [0.1, 0.15) is 0 Å². The van der Waals surface area contributed by atoms with E-state index in [2.05, 4.69) is 55.4 Å². The lowest BCUT2D eigenvalue weighted by Gasteiger charge is -2.23. The number of hydrogen-bond donors (Lipinski definition) is 0. The molecule has 0 aliphatic rings. The highest BCUT2D eigenvalue weighted by molar-refractivity contribution is 6.32. The molecule has 0 aromatic heterocycles. The van der Waals surface area contributed by atoms with Crippen molar-refractivity contribution in [3.63, 3.8) is 0 Å². The lowest BCUT2D eigenvalue weighted by molar-refractivity contribution is -0.143. The van der Waals surface area contributed by atoms with Crippen molar-refractivity contribution in [1.29, 1.82) is 0 Å². The molecule has 0 radical (unpaired) electrons. The Balaban J connectivity index is 3.94. The molecular formula is C19H40O4Si2. The number of hydrogen-bond acceptors (Lipinski definition) is 4. The first-order valence-electron chi connectivity index (χ1n) is 9.92. The molecule has 0 spiro atoms. The predicted octanol–water partition coefficient (Wildman–Crippen LogP) is 3.32. The van der Waals surface area contributed by atoms with Gasteiger partial charge in [0.05, 0.1) is 11.8 Å². The standard InChI is InChI=1S/C19H40O4Si2/c1-12(2)16(13(3)4)18(20)22-24-10-9-11-25-23-19(21)17(14(5)6)15(7)8/h12-17H,9-11,24-25H2,1-8H3. The molecule has 0 aromatic rings. The van der Waals surface area contributed by atoms with Crippen LogP contribution in [0.25, 0.3) is 0 Å². The molecule has 0 unspecified atom stereocenters. The molecule has 148 valence electrons. The van der Waals surface area contributed by atoms with Crippen molar-refractivity contribution < 1.29 is 18.4 Å². The van der Waals surface area contributed by atoms with Gasteiger partial charge in [-0.25, -0.2) is 0 Å². The third-order valence-electron chi connectivity index (χ3n) is 4.69. The van der Waals surface area contributed by atoms with E-state index in [1.54, 1.807) is 0 Å². The molecule has 0 aliphatic carbocycles. The molecule has 0 rings (SSSR count). The third-order valence-corrected chi connectivity index (χ3v) is 7.25. The van der Waals surface area contributed by atoms with E-state index < -0.39 is 19.5 Å². The zero-order valence-corrected chi connectivity index (χ0v) is 20.5. The summed E-state index contributed by atoms with van der Waals surface area (Å²) in [4.78, 5) is 24.3. The molecule has 0 aliphatic heterocycles. The number of carbonyl (C=O) groups excluding carboxylic acids is 2. The molecule has 0 heterocycles. The van der Waals surface area contributed by atoms with Gasteiger partial charge in [-0.05, 0) is 35.8 Å². The summed E-state index contributed by atoms with van der Waals surface area (Å²) in [6, 6.07) is 1.97. The minimum absolute atomic E-state index is 0.00632. The SMILES string of the molecule is CC(C)C(C(=O)O[SiH2]CCC[SiH2]OC(=O)C(C(C)C)C(C)C)C(C)C. The fourth-order valence-electron chi connectivity index (χ4n) is 3.55. The van der Waals surface area contributed by atoms with Crippen LogP contribution in [-0.4, -0.2) is 31.5 Å². The van der Waals surface area contributed by atoms with E-state index in [4.69, 9.17) is 8.85 Å². The van der Waals surface area contributed by atoms with Crippen molar-refractivity contribution in [3.05, 3.63) is 0 Å².